The van der Waals surface area contributed by atoms with Gasteiger partial charge >= 0.3 is 0 Å². The van der Waals surface area contributed by atoms with Gasteiger partial charge in [0.1, 0.15) is 11.6 Å². The number of hydrogen-bond acceptors (Lipinski definition) is 6. The summed E-state index contributed by atoms with van der Waals surface area (Å²) < 4.78 is 19.5. The number of fused-ring (bicyclic) bond motifs is 1. The maximum Gasteiger partial charge on any atom is 0.296 e. The number of anilines is 1. The highest BCUT2D eigenvalue weighted by molar-refractivity contribution is 7.22. The first-order chi connectivity index (χ1) is 14.6. The second-order valence-electron chi connectivity index (χ2n) is 8.30. The van der Waals surface area contributed by atoms with E-state index >= 15 is 0 Å². The number of carbonyl (C=O) groups excluding carboxylic acids is 2. The molecule has 0 saturated heterocycles. The van der Waals surface area contributed by atoms with Crippen molar-refractivity contribution in [3.8, 4) is 5.75 Å². The number of halogens is 1. The number of aliphatic hydroxyl groups is 1. The van der Waals surface area contributed by atoms with E-state index < -0.39 is 28.9 Å². The highest BCUT2D eigenvalue weighted by Crippen LogP contribution is 2.45. The third-order valence-electron chi connectivity index (χ3n) is 5.09. The van der Waals surface area contributed by atoms with Crippen molar-refractivity contribution in [1.82, 2.24) is 4.98 Å². The van der Waals surface area contributed by atoms with Crippen LogP contribution in [0.15, 0.2) is 53.8 Å². The lowest BCUT2D eigenvalue weighted by Gasteiger charge is -2.27. The van der Waals surface area contributed by atoms with Gasteiger partial charge in [-0.25, -0.2) is 9.37 Å². The zero-order chi connectivity index (χ0) is 22.5. The number of amides is 1. The fourth-order valence-electron chi connectivity index (χ4n) is 3.55. The minimum absolute atomic E-state index is 0.0104. The molecular formula is C23H21FN2O4S. The van der Waals surface area contributed by atoms with Crippen molar-refractivity contribution in [3.05, 3.63) is 65.2 Å². The van der Waals surface area contributed by atoms with Gasteiger partial charge in [-0.2, -0.15) is 0 Å². The molecule has 2 aromatic carbocycles. The average molecular weight is 440 g/mol. The molecule has 3 aromatic rings. The number of rotatable bonds is 4. The smallest absolute Gasteiger partial charge is 0.296 e. The number of carbonyl (C=O) groups is 2. The van der Waals surface area contributed by atoms with Crippen LogP contribution in [0.5, 0.6) is 5.75 Å². The van der Waals surface area contributed by atoms with E-state index in [9.17, 15) is 19.1 Å². The normalized spacial score (nSPS) is 17.0. The van der Waals surface area contributed by atoms with Gasteiger partial charge in [0.15, 0.2) is 16.7 Å². The minimum atomic E-state index is -0.889. The summed E-state index contributed by atoms with van der Waals surface area (Å²) in [4.78, 5) is 32.2. The molecule has 1 aliphatic rings. The van der Waals surface area contributed by atoms with Crippen molar-refractivity contribution in [2.45, 2.75) is 26.8 Å². The molecule has 6 nitrogen and oxygen atoms in total. The monoisotopic (exact) mass is 440 g/mol. The fraction of sp³-hybridized carbons (Fsp3) is 0.261. The first-order valence-corrected chi connectivity index (χ1v) is 10.4. The zero-order valence-electron chi connectivity index (χ0n) is 17.5. The highest BCUT2D eigenvalue weighted by Gasteiger charge is 2.47. The Hall–Kier alpha value is -3.26. The number of aromatic nitrogens is 1. The van der Waals surface area contributed by atoms with Crippen LogP contribution >= 0.6 is 11.3 Å². The molecule has 160 valence electrons. The lowest BCUT2D eigenvalue weighted by Crippen LogP contribution is -2.32. The number of ether oxygens (including phenoxy) is 1. The Morgan fingerprint density at radius 3 is 2.65 bits per heavy atom. The second kappa shape index (κ2) is 7.46. The summed E-state index contributed by atoms with van der Waals surface area (Å²) in [5.74, 6) is -1.53. The van der Waals surface area contributed by atoms with Crippen LogP contribution < -0.4 is 9.64 Å². The molecule has 1 atom stereocenters. The highest BCUT2D eigenvalue weighted by atomic mass is 32.1. The molecule has 0 bridgehead atoms. The van der Waals surface area contributed by atoms with E-state index in [4.69, 9.17) is 4.74 Å². The van der Waals surface area contributed by atoms with E-state index in [2.05, 4.69) is 4.98 Å². The Kier molecular flexibility index (Phi) is 5.05. The Bertz CT molecular complexity index is 1240. The maximum absolute atomic E-state index is 13.7. The van der Waals surface area contributed by atoms with Crippen molar-refractivity contribution < 1.29 is 23.8 Å². The van der Waals surface area contributed by atoms with Crippen LogP contribution in [-0.2, 0) is 9.59 Å². The van der Waals surface area contributed by atoms with E-state index in [1.54, 1.807) is 45.0 Å². The fourth-order valence-corrected chi connectivity index (χ4v) is 4.57. The van der Waals surface area contributed by atoms with Crippen LogP contribution in [0.3, 0.4) is 0 Å². The molecule has 1 unspecified atom stereocenters. The third kappa shape index (κ3) is 3.57. The van der Waals surface area contributed by atoms with Crippen LogP contribution in [0.25, 0.3) is 10.2 Å². The van der Waals surface area contributed by atoms with E-state index in [1.165, 1.54) is 30.2 Å². The molecule has 31 heavy (non-hydrogen) atoms. The molecule has 8 heteroatoms. The number of thiazole rings is 1. The molecule has 2 heterocycles. The summed E-state index contributed by atoms with van der Waals surface area (Å²) in [5, 5.41) is 11.0. The van der Waals surface area contributed by atoms with Crippen molar-refractivity contribution in [3.63, 3.8) is 0 Å². The topological polar surface area (TPSA) is 79.7 Å². The predicted octanol–water partition coefficient (Wildman–Crippen LogP) is 4.96. The van der Waals surface area contributed by atoms with Gasteiger partial charge in [0, 0.05) is 5.41 Å². The van der Waals surface area contributed by atoms with Gasteiger partial charge in [-0.3, -0.25) is 14.5 Å². The van der Waals surface area contributed by atoms with Gasteiger partial charge in [0.25, 0.3) is 5.91 Å². The summed E-state index contributed by atoms with van der Waals surface area (Å²) in [6, 6.07) is 10.2. The van der Waals surface area contributed by atoms with E-state index in [1.807, 2.05) is 0 Å². The number of Topliss-reactive ketones (excluding diaryl/α,β-unsaturated/α-hetero) is 1. The molecule has 0 spiro atoms. The predicted molar refractivity (Wildman–Crippen MR) is 117 cm³/mol. The van der Waals surface area contributed by atoms with Crippen LogP contribution in [0.2, 0.25) is 0 Å². The molecule has 1 amide bonds. The van der Waals surface area contributed by atoms with Crippen molar-refractivity contribution in [1.29, 1.82) is 0 Å². The van der Waals surface area contributed by atoms with Gasteiger partial charge in [-0.1, -0.05) is 44.2 Å². The Balaban J connectivity index is 1.92. The summed E-state index contributed by atoms with van der Waals surface area (Å²) in [7, 11) is 1.52. The molecule has 0 radical (unpaired) electrons. The van der Waals surface area contributed by atoms with Crippen LogP contribution in [-0.4, -0.2) is 28.9 Å². The Morgan fingerprint density at radius 1 is 1.23 bits per heavy atom. The van der Waals surface area contributed by atoms with Gasteiger partial charge in [-0.15, -0.1) is 0 Å². The second-order valence-corrected chi connectivity index (χ2v) is 9.31. The molecule has 0 aliphatic carbocycles. The summed E-state index contributed by atoms with van der Waals surface area (Å²) >= 11 is 1.12. The molecule has 4 rings (SSSR count). The first-order valence-electron chi connectivity index (χ1n) is 9.63. The van der Waals surface area contributed by atoms with Crippen molar-refractivity contribution >= 4 is 38.4 Å². The van der Waals surface area contributed by atoms with Crippen molar-refractivity contribution in [2.75, 3.05) is 12.0 Å². The minimum Gasteiger partial charge on any atom is -0.503 e. The van der Waals surface area contributed by atoms with Gasteiger partial charge < -0.3 is 9.84 Å². The maximum atomic E-state index is 13.7. The number of ketones is 1. The van der Waals surface area contributed by atoms with E-state index in [0.29, 0.717) is 21.5 Å². The Morgan fingerprint density at radius 2 is 1.97 bits per heavy atom. The lowest BCUT2D eigenvalue weighted by molar-refractivity contribution is -0.123. The molecule has 1 aliphatic heterocycles. The molecule has 0 fully saturated rings. The largest absolute Gasteiger partial charge is 0.503 e. The van der Waals surface area contributed by atoms with E-state index in [-0.39, 0.29) is 16.5 Å². The standard InChI is InChI=1S/C23H21FN2O4S/c1-23(2,3)20(28)17-18(12-6-5-7-14(10-12)30-4)26(21(29)19(17)27)22-25-15-9-8-13(24)11-16(15)31-22/h5-11,18,27H,1-4H3. The summed E-state index contributed by atoms with van der Waals surface area (Å²) in [6.07, 6.45) is 0. The zero-order valence-corrected chi connectivity index (χ0v) is 18.3. The molecule has 0 saturated carbocycles. The third-order valence-corrected chi connectivity index (χ3v) is 6.11. The first kappa shape index (κ1) is 21.0. The van der Waals surface area contributed by atoms with E-state index in [0.717, 1.165) is 11.3 Å². The summed E-state index contributed by atoms with van der Waals surface area (Å²) in [6.45, 7) is 5.18. The average Bonchev–Trinajstić information content (AvgIpc) is 3.25. The SMILES string of the molecule is COc1cccc(C2C(C(=O)C(C)(C)C)=C(O)C(=O)N2c2nc3ccc(F)cc3s2)c1. The number of hydrogen-bond donors (Lipinski definition) is 1. The van der Waals surface area contributed by atoms with Crippen LogP contribution in [0, 0.1) is 11.2 Å². The molecule has 1 N–H and O–H groups in total. The number of aliphatic hydroxyl groups excluding tert-OH is 1. The van der Waals surface area contributed by atoms with Gasteiger partial charge in [0.2, 0.25) is 0 Å². The van der Waals surface area contributed by atoms with Gasteiger partial charge in [0.05, 0.1) is 28.9 Å². The molecule has 1 aromatic heterocycles. The van der Waals surface area contributed by atoms with Gasteiger partial charge in [-0.05, 0) is 35.9 Å². The number of nitrogens with zero attached hydrogens (tertiary/aromatic N) is 2. The van der Waals surface area contributed by atoms with Crippen molar-refractivity contribution in [2.24, 2.45) is 5.41 Å². The van der Waals surface area contributed by atoms with Crippen LogP contribution in [0.1, 0.15) is 32.4 Å². The lowest BCUT2D eigenvalue weighted by atomic mass is 9.82. The quantitative estimate of drug-likeness (QED) is 0.620. The number of benzene rings is 2. The molecular weight excluding hydrogens is 419 g/mol. The number of methoxy groups -OCH3 is 1. The Labute approximate surface area is 182 Å². The van der Waals surface area contributed by atoms with Crippen LogP contribution in [0.4, 0.5) is 9.52 Å². The summed E-state index contributed by atoms with van der Waals surface area (Å²) in [5.41, 5.74) is 0.299.